The minimum absolute atomic E-state index is 0.341. The van der Waals surface area contributed by atoms with E-state index < -0.39 is 6.04 Å². The molecule has 2 rings (SSSR count). The Morgan fingerprint density at radius 3 is 2.12 bits per heavy atom. The Labute approximate surface area is 101 Å². The molecule has 0 radical (unpaired) electrons. The molecule has 3 nitrogen and oxygen atoms in total. The third-order valence-electron chi connectivity index (χ3n) is 2.75. The fourth-order valence-corrected chi connectivity index (χ4v) is 2.17. The molecular formula is C14H16N2O. The summed E-state index contributed by atoms with van der Waals surface area (Å²) in [6.07, 6.45) is 3.71. The first-order chi connectivity index (χ1) is 8.08. The number of benzene rings is 1. The van der Waals surface area contributed by atoms with Crippen LogP contribution in [0.2, 0.25) is 0 Å². The zero-order valence-corrected chi connectivity index (χ0v) is 10.1. The van der Waals surface area contributed by atoms with Crippen molar-refractivity contribution in [2.75, 3.05) is 0 Å². The second-order valence-electron chi connectivity index (χ2n) is 4.36. The van der Waals surface area contributed by atoms with E-state index in [0.717, 1.165) is 16.7 Å². The smallest absolute Gasteiger partial charge is 0.245 e. The average molecular weight is 228 g/mol. The summed E-state index contributed by atoms with van der Waals surface area (Å²) < 4.78 is 1.83. The monoisotopic (exact) mass is 228 g/mol. The third kappa shape index (κ3) is 2.38. The van der Waals surface area contributed by atoms with Crippen molar-refractivity contribution in [3.05, 3.63) is 59.4 Å². The molecular weight excluding hydrogens is 212 g/mol. The average Bonchev–Trinajstić information content (AvgIpc) is 2.68. The van der Waals surface area contributed by atoms with Crippen LogP contribution in [0.3, 0.4) is 0 Å². The van der Waals surface area contributed by atoms with E-state index in [2.05, 4.69) is 6.07 Å². The number of carbonyl (C=O) groups is 1. The highest BCUT2D eigenvalue weighted by Crippen LogP contribution is 2.21. The Kier molecular flexibility index (Phi) is 3.00. The van der Waals surface area contributed by atoms with Gasteiger partial charge in [0.25, 0.3) is 0 Å². The van der Waals surface area contributed by atoms with E-state index >= 15 is 0 Å². The van der Waals surface area contributed by atoms with Gasteiger partial charge in [-0.25, -0.2) is 0 Å². The van der Waals surface area contributed by atoms with Crippen molar-refractivity contribution in [2.45, 2.75) is 19.9 Å². The highest BCUT2D eigenvalue weighted by Gasteiger charge is 2.19. The Hall–Kier alpha value is -2.03. The number of nitrogens with zero attached hydrogens (tertiary/aromatic N) is 1. The van der Waals surface area contributed by atoms with Crippen molar-refractivity contribution in [2.24, 2.45) is 5.73 Å². The molecule has 2 N–H and O–H groups in total. The number of aryl methyl sites for hydroxylation is 2. The van der Waals surface area contributed by atoms with Crippen molar-refractivity contribution in [3.8, 4) is 0 Å². The molecule has 1 unspecified atom stereocenters. The summed E-state index contributed by atoms with van der Waals surface area (Å²) in [6.45, 7) is 4.04. The van der Waals surface area contributed by atoms with Gasteiger partial charge >= 0.3 is 0 Å². The van der Waals surface area contributed by atoms with Gasteiger partial charge in [0, 0.05) is 12.4 Å². The zero-order valence-electron chi connectivity index (χ0n) is 10.1. The normalized spacial score (nSPS) is 12.4. The highest BCUT2D eigenvalue weighted by atomic mass is 16.1. The van der Waals surface area contributed by atoms with E-state index in [1.807, 2.05) is 55.1 Å². The Morgan fingerprint density at radius 2 is 1.65 bits per heavy atom. The van der Waals surface area contributed by atoms with Crippen LogP contribution in [-0.4, -0.2) is 10.5 Å². The van der Waals surface area contributed by atoms with E-state index in [-0.39, 0.29) is 5.91 Å². The van der Waals surface area contributed by atoms with Crippen molar-refractivity contribution < 1.29 is 4.79 Å². The molecule has 0 aliphatic carbocycles. The summed E-state index contributed by atoms with van der Waals surface area (Å²) in [4.78, 5) is 11.6. The van der Waals surface area contributed by atoms with Crippen LogP contribution in [0.1, 0.15) is 22.7 Å². The van der Waals surface area contributed by atoms with Crippen LogP contribution in [0.4, 0.5) is 0 Å². The van der Waals surface area contributed by atoms with Crippen LogP contribution < -0.4 is 5.73 Å². The van der Waals surface area contributed by atoms with Gasteiger partial charge in [-0.15, -0.1) is 0 Å². The number of amides is 1. The molecule has 0 saturated carbocycles. The van der Waals surface area contributed by atoms with Gasteiger partial charge in [0.2, 0.25) is 5.91 Å². The van der Waals surface area contributed by atoms with Gasteiger partial charge in [-0.05, 0) is 31.5 Å². The number of carbonyl (C=O) groups excluding carboxylic acids is 1. The molecule has 1 amide bonds. The lowest BCUT2D eigenvalue weighted by molar-refractivity contribution is -0.120. The van der Waals surface area contributed by atoms with Crippen molar-refractivity contribution in [1.29, 1.82) is 0 Å². The SMILES string of the molecule is Cc1cc(C)cc(C(C(N)=O)n2cccc2)c1. The first-order valence-corrected chi connectivity index (χ1v) is 5.58. The maximum absolute atomic E-state index is 11.6. The quantitative estimate of drug-likeness (QED) is 0.860. The van der Waals surface area contributed by atoms with E-state index in [1.165, 1.54) is 0 Å². The van der Waals surface area contributed by atoms with Crippen LogP contribution in [0.5, 0.6) is 0 Å². The number of aromatic nitrogens is 1. The number of primary amides is 1. The fourth-order valence-electron chi connectivity index (χ4n) is 2.17. The molecule has 0 aliphatic rings. The first-order valence-electron chi connectivity index (χ1n) is 5.58. The van der Waals surface area contributed by atoms with E-state index in [0.29, 0.717) is 0 Å². The summed E-state index contributed by atoms with van der Waals surface area (Å²) in [5, 5.41) is 0. The van der Waals surface area contributed by atoms with Crippen LogP contribution in [0.15, 0.2) is 42.7 Å². The maximum Gasteiger partial charge on any atom is 0.245 e. The highest BCUT2D eigenvalue weighted by molar-refractivity contribution is 5.82. The van der Waals surface area contributed by atoms with Crippen molar-refractivity contribution in [3.63, 3.8) is 0 Å². The standard InChI is InChI=1S/C14H16N2O/c1-10-7-11(2)9-12(8-10)13(14(15)17)16-5-3-4-6-16/h3-9,13H,1-2H3,(H2,15,17). The number of hydrogen-bond acceptors (Lipinski definition) is 1. The van der Waals surface area contributed by atoms with Gasteiger partial charge in [-0.1, -0.05) is 29.3 Å². The molecule has 88 valence electrons. The summed E-state index contributed by atoms with van der Waals surface area (Å²) in [5.41, 5.74) is 8.71. The predicted octanol–water partition coefficient (Wildman–Crippen LogP) is 2.18. The Bertz CT molecular complexity index is 509. The van der Waals surface area contributed by atoms with Crippen molar-refractivity contribution >= 4 is 5.91 Å². The van der Waals surface area contributed by atoms with Crippen LogP contribution in [-0.2, 0) is 4.79 Å². The van der Waals surface area contributed by atoms with Gasteiger partial charge in [0.1, 0.15) is 6.04 Å². The largest absolute Gasteiger partial charge is 0.368 e. The lowest BCUT2D eigenvalue weighted by Crippen LogP contribution is -2.26. The summed E-state index contributed by atoms with van der Waals surface area (Å²) in [5.74, 6) is -0.341. The Morgan fingerprint density at radius 1 is 1.12 bits per heavy atom. The zero-order chi connectivity index (χ0) is 12.4. The number of rotatable bonds is 3. The van der Waals surface area contributed by atoms with Crippen LogP contribution in [0.25, 0.3) is 0 Å². The minimum Gasteiger partial charge on any atom is -0.368 e. The molecule has 0 bridgehead atoms. The minimum atomic E-state index is -0.427. The molecule has 1 atom stereocenters. The lowest BCUT2D eigenvalue weighted by atomic mass is 10.0. The summed E-state index contributed by atoms with van der Waals surface area (Å²) in [6, 6.07) is 9.43. The second-order valence-corrected chi connectivity index (χ2v) is 4.36. The third-order valence-corrected chi connectivity index (χ3v) is 2.75. The molecule has 2 aromatic rings. The van der Waals surface area contributed by atoms with Gasteiger partial charge in [-0.3, -0.25) is 4.79 Å². The first kappa shape index (κ1) is 11.5. The molecule has 17 heavy (non-hydrogen) atoms. The predicted molar refractivity (Wildman–Crippen MR) is 67.7 cm³/mol. The molecule has 0 spiro atoms. The maximum atomic E-state index is 11.6. The fraction of sp³-hybridized carbons (Fsp3) is 0.214. The lowest BCUT2D eigenvalue weighted by Gasteiger charge is -2.17. The number of nitrogens with two attached hydrogens (primary N) is 1. The van der Waals surface area contributed by atoms with E-state index in [9.17, 15) is 4.79 Å². The van der Waals surface area contributed by atoms with E-state index in [4.69, 9.17) is 5.73 Å². The number of hydrogen-bond donors (Lipinski definition) is 1. The van der Waals surface area contributed by atoms with Crippen molar-refractivity contribution in [1.82, 2.24) is 4.57 Å². The molecule has 3 heteroatoms. The van der Waals surface area contributed by atoms with Crippen LogP contribution in [0, 0.1) is 13.8 Å². The van der Waals surface area contributed by atoms with Gasteiger partial charge in [-0.2, -0.15) is 0 Å². The van der Waals surface area contributed by atoms with Gasteiger partial charge in [0.15, 0.2) is 0 Å². The molecule has 1 aromatic heterocycles. The topological polar surface area (TPSA) is 48.0 Å². The second kappa shape index (κ2) is 4.45. The van der Waals surface area contributed by atoms with Gasteiger partial charge < -0.3 is 10.3 Å². The Balaban J connectivity index is 2.50. The molecule has 0 saturated heterocycles. The van der Waals surface area contributed by atoms with Crippen LogP contribution >= 0.6 is 0 Å². The van der Waals surface area contributed by atoms with Gasteiger partial charge in [0.05, 0.1) is 0 Å². The summed E-state index contributed by atoms with van der Waals surface area (Å²) >= 11 is 0. The summed E-state index contributed by atoms with van der Waals surface area (Å²) in [7, 11) is 0. The van der Waals surface area contributed by atoms with E-state index in [1.54, 1.807) is 0 Å². The molecule has 1 aromatic carbocycles. The molecule has 0 fully saturated rings. The molecule has 1 heterocycles. The molecule has 0 aliphatic heterocycles.